The average Bonchev–Trinajstić information content (AvgIpc) is 2.29. The largest absolute Gasteiger partial charge is 0.334 e. The van der Waals surface area contributed by atoms with E-state index in [2.05, 4.69) is 18.7 Å². The monoisotopic (exact) mass is 251 g/mol. The van der Waals surface area contributed by atoms with Gasteiger partial charge in [-0.3, -0.25) is 4.79 Å². The molecule has 0 unspecified atom stereocenters. The standard InChI is InChI=1S/C12H13NOS2/c1-2-12(14)13-7-8-15-16-11-6-4-3-5-10(11)9-13/h2-6H,1,7-9H2. The van der Waals surface area contributed by atoms with Crippen molar-refractivity contribution in [3.8, 4) is 0 Å². The van der Waals surface area contributed by atoms with Gasteiger partial charge >= 0.3 is 0 Å². The molecule has 1 aliphatic rings. The number of fused-ring (bicyclic) bond motifs is 1. The third-order valence-corrected chi connectivity index (χ3v) is 4.85. The molecule has 0 saturated heterocycles. The van der Waals surface area contributed by atoms with Crippen LogP contribution in [0.15, 0.2) is 41.8 Å². The van der Waals surface area contributed by atoms with Gasteiger partial charge in [-0.05, 0) is 17.7 Å². The Kier molecular flexibility index (Phi) is 3.96. The molecule has 4 heteroatoms. The third kappa shape index (κ3) is 2.62. The number of hydrogen-bond acceptors (Lipinski definition) is 3. The van der Waals surface area contributed by atoms with Gasteiger partial charge in [0.15, 0.2) is 0 Å². The lowest BCUT2D eigenvalue weighted by Gasteiger charge is -2.24. The van der Waals surface area contributed by atoms with Crippen molar-refractivity contribution in [2.45, 2.75) is 11.4 Å². The second-order valence-corrected chi connectivity index (χ2v) is 5.93. The van der Waals surface area contributed by atoms with Gasteiger partial charge in [-0.1, -0.05) is 46.4 Å². The Morgan fingerprint density at radius 1 is 1.44 bits per heavy atom. The lowest BCUT2D eigenvalue weighted by atomic mass is 10.2. The molecule has 1 aliphatic heterocycles. The molecule has 0 spiro atoms. The first-order chi connectivity index (χ1) is 7.81. The highest BCUT2D eigenvalue weighted by atomic mass is 33.1. The summed E-state index contributed by atoms with van der Waals surface area (Å²) < 4.78 is 0. The van der Waals surface area contributed by atoms with Gasteiger partial charge in [0.25, 0.3) is 0 Å². The Bertz CT molecular complexity index is 406. The smallest absolute Gasteiger partial charge is 0.246 e. The van der Waals surface area contributed by atoms with E-state index in [1.54, 1.807) is 21.6 Å². The number of benzene rings is 1. The van der Waals surface area contributed by atoms with E-state index in [9.17, 15) is 4.79 Å². The van der Waals surface area contributed by atoms with Gasteiger partial charge in [-0.15, -0.1) is 0 Å². The predicted molar refractivity (Wildman–Crippen MR) is 70.4 cm³/mol. The molecule has 2 rings (SSSR count). The number of hydrogen-bond donors (Lipinski definition) is 0. The Morgan fingerprint density at radius 3 is 3.06 bits per heavy atom. The van der Waals surface area contributed by atoms with Gasteiger partial charge in [0.2, 0.25) is 5.91 Å². The lowest BCUT2D eigenvalue weighted by Crippen LogP contribution is -2.31. The third-order valence-electron chi connectivity index (χ3n) is 2.41. The second kappa shape index (κ2) is 5.46. The minimum Gasteiger partial charge on any atom is -0.334 e. The van der Waals surface area contributed by atoms with Crippen LogP contribution in [0.5, 0.6) is 0 Å². The molecule has 1 heterocycles. The van der Waals surface area contributed by atoms with Crippen LogP contribution in [0.4, 0.5) is 0 Å². The highest BCUT2D eigenvalue weighted by Crippen LogP contribution is 2.35. The van der Waals surface area contributed by atoms with E-state index >= 15 is 0 Å². The number of rotatable bonds is 1. The summed E-state index contributed by atoms with van der Waals surface area (Å²) in [6.45, 7) is 5.02. The molecule has 0 atom stereocenters. The van der Waals surface area contributed by atoms with Gasteiger partial charge in [-0.2, -0.15) is 0 Å². The normalized spacial score (nSPS) is 15.9. The van der Waals surface area contributed by atoms with Crippen molar-refractivity contribution in [1.29, 1.82) is 0 Å². The Balaban J connectivity index is 2.24. The van der Waals surface area contributed by atoms with Crippen molar-refractivity contribution in [3.05, 3.63) is 42.5 Å². The Labute approximate surface area is 103 Å². The van der Waals surface area contributed by atoms with Crippen molar-refractivity contribution in [3.63, 3.8) is 0 Å². The van der Waals surface area contributed by atoms with Crippen molar-refractivity contribution in [1.82, 2.24) is 4.90 Å². The molecular formula is C12H13NOS2. The summed E-state index contributed by atoms with van der Waals surface area (Å²) in [5.74, 6) is 0.973. The fraction of sp³-hybridized carbons (Fsp3) is 0.250. The van der Waals surface area contributed by atoms with E-state index in [-0.39, 0.29) is 5.91 Å². The zero-order valence-electron chi connectivity index (χ0n) is 8.89. The number of carbonyl (C=O) groups excluding carboxylic acids is 1. The average molecular weight is 251 g/mol. The summed E-state index contributed by atoms with van der Waals surface area (Å²) in [6, 6.07) is 8.24. The van der Waals surface area contributed by atoms with Crippen LogP contribution in [0, 0.1) is 0 Å². The lowest BCUT2D eigenvalue weighted by molar-refractivity contribution is -0.126. The minimum atomic E-state index is 0.0160. The van der Waals surface area contributed by atoms with E-state index < -0.39 is 0 Å². The first-order valence-electron chi connectivity index (χ1n) is 5.10. The van der Waals surface area contributed by atoms with Crippen LogP contribution in [0.3, 0.4) is 0 Å². The van der Waals surface area contributed by atoms with Crippen LogP contribution < -0.4 is 0 Å². The van der Waals surface area contributed by atoms with E-state index in [0.29, 0.717) is 6.54 Å². The predicted octanol–water partition coefficient (Wildman–Crippen LogP) is 2.96. The number of amides is 1. The molecule has 0 radical (unpaired) electrons. The Hall–Kier alpha value is -0.870. The summed E-state index contributed by atoms with van der Waals surface area (Å²) in [4.78, 5) is 14.7. The Morgan fingerprint density at radius 2 is 2.25 bits per heavy atom. The molecule has 0 fully saturated rings. The molecule has 2 nitrogen and oxygen atoms in total. The first-order valence-corrected chi connectivity index (χ1v) is 7.42. The van der Waals surface area contributed by atoms with Gasteiger partial charge in [0.05, 0.1) is 0 Å². The molecule has 1 amide bonds. The molecule has 1 aromatic rings. The second-order valence-electron chi connectivity index (χ2n) is 3.48. The maximum atomic E-state index is 11.6. The number of carbonyl (C=O) groups is 1. The summed E-state index contributed by atoms with van der Waals surface area (Å²) in [5.41, 5.74) is 1.22. The maximum absolute atomic E-state index is 11.6. The maximum Gasteiger partial charge on any atom is 0.246 e. The molecule has 0 aromatic heterocycles. The van der Waals surface area contributed by atoms with Gasteiger partial charge < -0.3 is 4.90 Å². The highest BCUT2D eigenvalue weighted by Gasteiger charge is 2.15. The zero-order valence-corrected chi connectivity index (χ0v) is 10.5. The molecule has 0 bridgehead atoms. The first kappa shape index (κ1) is 11.6. The van der Waals surface area contributed by atoms with Crippen LogP contribution in [0.2, 0.25) is 0 Å². The molecule has 1 aromatic carbocycles. The van der Waals surface area contributed by atoms with Crippen LogP contribution >= 0.6 is 21.6 Å². The van der Waals surface area contributed by atoms with Crippen LogP contribution in [0.25, 0.3) is 0 Å². The van der Waals surface area contributed by atoms with Crippen molar-refractivity contribution >= 4 is 27.5 Å². The van der Waals surface area contributed by atoms with Crippen molar-refractivity contribution in [2.24, 2.45) is 0 Å². The van der Waals surface area contributed by atoms with Crippen LogP contribution in [-0.4, -0.2) is 23.1 Å². The van der Waals surface area contributed by atoms with Crippen molar-refractivity contribution in [2.75, 3.05) is 12.3 Å². The van der Waals surface area contributed by atoms with Crippen LogP contribution in [0.1, 0.15) is 5.56 Å². The number of nitrogens with zero attached hydrogens (tertiary/aromatic N) is 1. The molecule has 0 N–H and O–H groups in total. The summed E-state index contributed by atoms with van der Waals surface area (Å²) in [7, 11) is 3.59. The molecular weight excluding hydrogens is 238 g/mol. The zero-order chi connectivity index (χ0) is 11.4. The quantitative estimate of drug-likeness (QED) is 0.565. The van der Waals surface area contributed by atoms with Crippen LogP contribution in [-0.2, 0) is 11.3 Å². The van der Waals surface area contributed by atoms with E-state index in [1.807, 2.05) is 17.0 Å². The molecule has 84 valence electrons. The van der Waals surface area contributed by atoms with Gasteiger partial charge in [-0.25, -0.2) is 0 Å². The summed E-state index contributed by atoms with van der Waals surface area (Å²) in [6.07, 6.45) is 1.39. The van der Waals surface area contributed by atoms with Gasteiger partial charge in [0, 0.05) is 23.7 Å². The SMILES string of the molecule is C=CC(=O)N1CCSSc2ccccc2C1. The van der Waals surface area contributed by atoms with Gasteiger partial charge in [0.1, 0.15) is 0 Å². The summed E-state index contributed by atoms with van der Waals surface area (Å²) in [5, 5.41) is 0. The van der Waals surface area contributed by atoms with E-state index in [1.165, 1.54) is 16.5 Å². The fourth-order valence-electron chi connectivity index (χ4n) is 1.57. The topological polar surface area (TPSA) is 20.3 Å². The fourth-order valence-corrected chi connectivity index (χ4v) is 3.79. The van der Waals surface area contributed by atoms with E-state index in [4.69, 9.17) is 0 Å². The molecule has 0 saturated carbocycles. The molecule has 0 aliphatic carbocycles. The summed E-state index contributed by atoms with van der Waals surface area (Å²) >= 11 is 0. The minimum absolute atomic E-state index is 0.0160. The van der Waals surface area contributed by atoms with Crippen molar-refractivity contribution < 1.29 is 4.79 Å². The van der Waals surface area contributed by atoms with E-state index in [0.717, 1.165) is 12.3 Å². The highest BCUT2D eigenvalue weighted by molar-refractivity contribution is 8.76. The molecule has 16 heavy (non-hydrogen) atoms.